The summed E-state index contributed by atoms with van der Waals surface area (Å²) in [5.41, 5.74) is 1.83. The molecule has 5 nitrogen and oxygen atoms in total. The lowest BCUT2D eigenvalue weighted by molar-refractivity contribution is 0.269. The van der Waals surface area contributed by atoms with Gasteiger partial charge in [-0.15, -0.1) is 11.3 Å². The molecule has 1 aliphatic rings. The summed E-state index contributed by atoms with van der Waals surface area (Å²) in [6, 6.07) is 9.07. The SMILES string of the molecule is Cc1ccc(NC(=S)N2CCN(S(=O)(=O)c3cccs3)CC2)cc1Cl. The van der Waals surface area contributed by atoms with Gasteiger partial charge in [0.15, 0.2) is 5.11 Å². The van der Waals surface area contributed by atoms with Crippen LogP contribution in [-0.2, 0) is 10.0 Å². The third-order valence-electron chi connectivity index (χ3n) is 4.04. The Morgan fingerprint density at radius 3 is 2.56 bits per heavy atom. The van der Waals surface area contributed by atoms with Gasteiger partial charge < -0.3 is 10.2 Å². The molecule has 2 heterocycles. The van der Waals surface area contributed by atoms with E-state index in [4.69, 9.17) is 23.8 Å². The van der Waals surface area contributed by atoms with Crippen molar-refractivity contribution in [2.75, 3.05) is 31.5 Å². The zero-order valence-electron chi connectivity index (χ0n) is 13.6. The van der Waals surface area contributed by atoms with Crippen molar-refractivity contribution in [2.45, 2.75) is 11.1 Å². The molecule has 0 aliphatic carbocycles. The Morgan fingerprint density at radius 2 is 1.96 bits per heavy atom. The summed E-state index contributed by atoms with van der Waals surface area (Å²) in [5.74, 6) is 0. The fraction of sp³-hybridized carbons (Fsp3) is 0.312. The molecule has 1 saturated heterocycles. The second-order valence-electron chi connectivity index (χ2n) is 5.72. The minimum absolute atomic E-state index is 0.385. The van der Waals surface area contributed by atoms with Crippen LogP contribution in [0.4, 0.5) is 5.69 Å². The van der Waals surface area contributed by atoms with Crippen LogP contribution < -0.4 is 5.32 Å². The largest absolute Gasteiger partial charge is 0.346 e. The van der Waals surface area contributed by atoms with Crippen molar-refractivity contribution in [3.8, 4) is 0 Å². The predicted molar refractivity (Wildman–Crippen MR) is 107 cm³/mol. The summed E-state index contributed by atoms with van der Waals surface area (Å²) in [5, 5.41) is 6.20. The number of hydrogen-bond acceptors (Lipinski definition) is 4. The number of anilines is 1. The molecule has 1 aromatic heterocycles. The van der Waals surface area contributed by atoms with Crippen LogP contribution in [0, 0.1) is 6.92 Å². The number of thiocarbonyl (C=S) groups is 1. The minimum Gasteiger partial charge on any atom is -0.346 e. The second-order valence-corrected chi connectivity index (χ2v) is 9.62. The van der Waals surface area contributed by atoms with Gasteiger partial charge >= 0.3 is 0 Å². The third-order valence-corrected chi connectivity index (χ3v) is 8.08. The van der Waals surface area contributed by atoms with Crippen molar-refractivity contribution >= 4 is 56.0 Å². The molecule has 1 aliphatic heterocycles. The average molecular weight is 416 g/mol. The van der Waals surface area contributed by atoms with Gasteiger partial charge in [0, 0.05) is 36.9 Å². The third kappa shape index (κ3) is 4.15. The molecule has 9 heteroatoms. The lowest BCUT2D eigenvalue weighted by Crippen LogP contribution is -2.51. The van der Waals surface area contributed by atoms with Gasteiger partial charge in [0.2, 0.25) is 0 Å². The first-order valence-corrected chi connectivity index (χ1v) is 10.8. The van der Waals surface area contributed by atoms with E-state index in [1.165, 1.54) is 15.6 Å². The highest BCUT2D eigenvalue weighted by molar-refractivity contribution is 7.91. The zero-order chi connectivity index (χ0) is 18.0. The number of nitrogens with zero attached hydrogens (tertiary/aromatic N) is 2. The minimum atomic E-state index is -3.39. The summed E-state index contributed by atoms with van der Waals surface area (Å²) in [6.45, 7) is 3.87. The quantitative estimate of drug-likeness (QED) is 0.778. The average Bonchev–Trinajstić information content (AvgIpc) is 3.14. The number of aryl methyl sites for hydroxylation is 1. The second kappa shape index (κ2) is 7.59. The van der Waals surface area contributed by atoms with Crippen molar-refractivity contribution in [3.05, 3.63) is 46.3 Å². The van der Waals surface area contributed by atoms with Gasteiger partial charge in [-0.25, -0.2) is 8.42 Å². The van der Waals surface area contributed by atoms with E-state index in [9.17, 15) is 8.42 Å². The number of halogens is 1. The number of benzene rings is 1. The van der Waals surface area contributed by atoms with Crippen LogP contribution in [0.1, 0.15) is 5.56 Å². The smallest absolute Gasteiger partial charge is 0.252 e. The number of hydrogen-bond donors (Lipinski definition) is 1. The maximum atomic E-state index is 12.5. The number of sulfonamides is 1. The zero-order valence-corrected chi connectivity index (χ0v) is 16.8. The molecule has 0 unspecified atom stereocenters. The van der Waals surface area contributed by atoms with Crippen LogP contribution >= 0.6 is 35.2 Å². The summed E-state index contributed by atoms with van der Waals surface area (Å²) in [7, 11) is -3.39. The summed E-state index contributed by atoms with van der Waals surface area (Å²) in [4.78, 5) is 1.98. The van der Waals surface area contributed by atoms with Crippen molar-refractivity contribution in [1.82, 2.24) is 9.21 Å². The maximum absolute atomic E-state index is 12.5. The topological polar surface area (TPSA) is 52.6 Å². The number of thiophene rings is 1. The fourth-order valence-corrected chi connectivity index (χ4v) is 5.59. The van der Waals surface area contributed by atoms with E-state index in [0.717, 1.165) is 11.3 Å². The molecular formula is C16H18ClN3O2S3. The molecule has 134 valence electrons. The fourth-order valence-electron chi connectivity index (χ4n) is 2.54. The Labute approximate surface area is 162 Å². The lowest BCUT2D eigenvalue weighted by atomic mass is 10.2. The van der Waals surface area contributed by atoms with Crippen molar-refractivity contribution in [3.63, 3.8) is 0 Å². The molecule has 1 fully saturated rings. The van der Waals surface area contributed by atoms with E-state index in [-0.39, 0.29) is 0 Å². The van der Waals surface area contributed by atoms with Crippen LogP contribution in [0.2, 0.25) is 5.02 Å². The predicted octanol–water partition coefficient (Wildman–Crippen LogP) is 3.41. The normalized spacial score (nSPS) is 16.0. The molecule has 0 spiro atoms. The summed E-state index contributed by atoms with van der Waals surface area (Å²) in [6.07, 6.45) is 0. The molecular weight excluding hydrogens is 398 g/mol. The van der Waals surface area contributed by atoms with E-state index < -0.39 is 10.0 Å². The molecule has 0 saturated carbocycles. The van der Waals surface area contributed by atoms with Gasteiger partial charge in [-0.3, -0.25) is 0 Å². The highest BCUT2D eigenvalue weighted by Crippen LogP contribution is 2.23. The van der Waals surface area contributed by atoms with Crippen LogP contribution in [0.25, 0.3) is 0 Å². The van der Waals surface area contributed by atoms with Gasteiger partial charge in [-0.05, 0) is 48.3 Å². The Balaban J connectivity index is 1.60. The van der Waals surface area contributed by atoms with E-state index in [1.54, 1.807) is 17.5 Å². The van der Waals surface area contributed by atoms with Crippen LogP contribution in [-0.4, -0.2) is 48.9 Å². The first-order chi connectivity index (χ1) is 11.9. The van der Waals surface area contributed by atoms with Gasteiger partial charge in [-0.2, -0.15) is 4.31 Å². The molecule has 1 N–H and O–H groups in total. The molecule has 0 radical (unpaired) electrons. The van der Waals surface area contributed by atoms with E-state index in [1.807, 2.05) is 30.0 Å². The summed E-state index contributed by atoms with van der Waals surface area (Å²) >= 11 is 12.8. The number of nitrogens with one attached hydrogen (secondary N) is 1. The monoisotopic (exact) mass is 415 g/mol. The molecule has 2 aromatic rings. The number of rotatable bonds is 3. The molecule has 1 aromatic carbocycles. The molecule has 25 heavy (non-hydrogen) atoms. The highest BCUT2D eigenvalue weighted by atomic mass is 35.5. The number of piperazine rings is 1. The van der Waals surface area contributed by atoms with Gasteiger partial charge in [0.05, 0.1) is 0 Å². The molecule has 0 amide bonds. The molecule has 0 atom stereocenters. The first-order valence-electron chi connectivity index (χ1n) is 7.73. The Bertz CT molecular complexity index is 861. The maximum Gasteiger partial charge on any atom is 0.252 e. The van der Waals surface area contributed by atoms with Gasteiger partial charge in [0.25, 0.3) is 10.0 Å². The standard InChI is InChI=1S/C16H18ClN3O2S3/c1-12-4-5-13(11-14(12)17)18-16(23)19-6-8-20(9-7-19)25(21,22)15-3-2-10-24-15/h2-5,10-11H,6-9H2,1H3,(H,18,23). The first kappa shape index (κ1) is 18.6. The van der Waals surface area contributed by atoms with Gasteiger partial charge in [-0.1, -0.05) is 23.7 Å². The van der Waals surface area contributed by atoms with Crippen molar-refractivity contribution < 1.29 is 8.42 Å². The Hall–Kier alpha value is -1.19. The van der Waals surface area contributed by atoms with E-state index in [2.05, 4.69) is 5.32 Å². The van der Waals surface area contributed by atoms with E-state index in [0.29, 0.717) is 40.5 Å². The Morgan fingerprint density at radius 1 is 1.24 bits per heavy atom. The highest BCUT2D eigenvalue weighted by Gasteiger charge is 2.29. The van der Waals surface area contributed by atoms with Gasteiger partial charge in [0.1, 0.15) is 4.21 Å². The summed E-state index contributed by atoms with van der Waals surface area (Å²) < 4.78 is 27.0. The van der Waals surface area contributed by atoms with Crippen molar-refractivity contribution in [1.29, 1.82) is 0 Å². The molecule has 0 bridgehead atoms. The van der Waals surface area contributed by atoms with Crippen LogP contribution in [0.5, 0.6) is 0 Å². The van der Waals surface area contributed by atoms with Crippen molar-refractivity contribution in [2.24, 2.45) is 0 Å². The van der Waals surface area contributed by atoms with Crippen LogP contribution in [0.15, 0.2) is 39.9 Å². The Kier molecular flexibility index (Phi) is 5.65. The van der Waals surface area contributed by atoms with Crippen LogP contribution in [0.3, 0.4) is 0 Å². The van der Waals surface area contributed by atoms with E-state index >= 15 is 0 Å². The lowest BCUT2D eigenvalue weighted by Gasteiger charge is -2.35. The molecule has 3 rings (SSSR count).